The Morgan fingerprint density at radius 1 is 1.11 bits per heavy atom. The SMILES string of the molecule is Cc1cc(C)c2cc(C(=O)N3CCCC(CN4CCC(C)CC4)C3)[nH]c2c1. The van der Waals surface area contributed by atoms with Crippen molar-refractivity contribution in [3.8, 4) is 0 Å². The van der Waals surface area contributed by atoms with Crippen molar-refractivity contribution >= 4 is 16.8 Å². The Morgan fingerprint density at radius 3 is 2.67 bits per heavy atom. The molecule has 27 heavy (non-hydrogen) atoms. The first-order valence-corrected chi connectivity index (χ1v) is 10.6. The van der Waals surface area contributed by atoms with E-state index in [0.717, 1.165) is 43.2 Å². The molecular formula is C23H33N3O. The van der Waals surface area contributed by atoms with Crippen LogP contribution in [-0.4, -0.2) is 53.4 Å². The van der Waals surface area contributed by atoms with Crippen molar-refractivity contribution in [3.05, 3.63) is 35.0 Å². The second-order valence-corrected chi connectivity index (χ2v) is 8.97. The van der Waals surface area contributed by atoms with Crippen molar-refractivity contribution in [3.63, 3.8) is 0 Å². The van der Waals surface area contributed by atoms with Gasteiger partial charge in [0.05, 0.1) is 0 Å². The summed E-state index contributed by atoms with van der Waals surface area (Å²) in [6.07, 6.45) is 5.02. The van der Waals surface area contributed by atoms with Crippen molar-refractivity contribution in [2.24, 2.45) is 11.8 Å². The van der Waals surface area contributed by atoms with Gasteiger partial charge in [0, 0.05) is 30.5 Å². The molecule has 4 nitrogen and oxygen atoms in total. The number of aryl methyl sites for hydroxylation is 2. The maximum atomic E-state index is 13.1. The summed E-state index contributed by atoms with van der Waals surface area (Å²) < 4.78 is 0. The number of carbonyl (C=O) groups excluding carboxylic acids is 1. The van der Waals surface area contributed by atoms with E-state index >= 15 is 0 Å². The molecule has 4 heteroatoms. The summed E-state index contributed by atoms with van der Waals surface area (Å²) in [6.45, 7) is 12.0. The molecule has 0 saturated carbocycles. The van der Waals surface area contributed by atoms with Gasteiger partial charge < -0.3 is 14.8 Å². The number of aromatic nitrogens is 1. The largest absolute Gasteiger partial charge is 0.351 e. The number of aromatic amines is 1. The van der Waals surface area contributed by atoms with Crippen LogP contribution in [0.15, 0.2) is 18.2 Å². The highest BCUT2D eigenvalue weighted by atomic mass is 16.2. The number of fused-ring (bicyclic) bond motifs is 1. The first-order valence-electron chi connectivity index (χ1n) is 10.6. The fraction of sp³-hybridized carbons (Fsp3) is 0.609. The van der Waals surface area contributed by atoms with Gasteiger partial charge in [0.1, 0.15) is 5.69 Å². The molecule has 1 unspecified atom stereocenters. The number of hydrogen-bond acceptors (Lipinski definition) is 2. The van der Waals surface area contributed by atoms with Crippen LogP contribution >= 0.6 is 0 Å². The van der Waals surface area contributed by atoms with Gasteiger partial charge in [-0.1, -0.05) is 13.0 Å². The Balaban J connectivity index is 1.43. The van der Waals surface area contributed by atoms with Gasteiger partial charge in [0.15, 0.2) is 0 Å². The summed E-state index contributed by atoms with van der Waals surface area (Å²) in [6, 6.07) is 6.36. The summed E-state index contributed by atoms with van der Waals surface area (Å²) in [5, 5.41) is 1.17. The van der Waals surface area contributed by atoms with Gasteiger partial charge in [-0.3, -0.25) is 4.79 Å². The number of H-pyrrole nitrogens is 1. The lowest BCUT2D eigenvalue weighted by Gasteiger charge is -2.37. The topological polar surface area (TPSA) is 39.3 Å². The van der Waals surface area contributed by atoms with Crippen LogP contribution in [0.2, 0.25) is 0 Å². The van der Waals surface area contributed by atoms with Crippen molar-refractivity contribution in [2.45, 2.75) is 46.5 Å². The number of hydrogen-bond donors (Lipinski definition) is 1. The highest BCUT2D eigenvalue weighted by Gasteiger charge is 2.27. The molecule has 2 aromatic rings. The first kappa shape index (κ1) is 18.5. The fourth-order valence-corrected chi connectivity index (χ4v) is 4.89. The number of likely N-dealkylation sites (tertiary alicyclic amines) is 2. The standard InChI is InChI=1S/C23H33N3O/c1-16-6-9-25(10-7-16)14-19-5-4-8-26(15-19)23(27)22-13-20-18(3)11-17(2)12-21(20)24-22/h11-13,16,19,24H,4-10,14-15H2,1-3H3. The first-order chi connectivity index (χ1) is 13.0. The van der Waals surface area contributed by atoms with Crippen LogP contribution in [0, 0.1) is 25.7 Å². The molecular weight excluding hydrogens is 334 g/mol. The van der Waals surface area contributed by atoms with Crippen molar-refractivity contribution < 1.29 is 4.79 Å². The van der Waals surface area contributed by atoms with E-state index in [4.69, 9.17) is 0 Å². The Morgan fingerprint density at radius 2 is 1.89 bits per heavy atom. The fourth-order valence-electron chi connectivity index (χ4n) is 4.89. The zero-order chi connectivity index (χ0) is 19.0. The normalized spacial score (nSPS) is 22.5. The Labute approximate surface area is 162 Å². The molecule has 0 aliphatic carbocycles. The smallest absolute Gasteiger partial charge is 0.270 e. The monoisotopic (exact) mass is 367 g/mol. The minimum absolute atomic E-state index is 0.167. The summed E-state index contributed by atoms with van der Waals surface area (Å²) >= 11 is 0. The van der Waals surface area contributed by atoms with Crippen LogP contribution in [0.4, 0.5) is 0 Å². The van der Waals surface area contributed by atoms with E-state index < -0.39 is 0 Å². The number of nitrogens with zero attached hydrogens (tertiary/aromatic N) is 2. The molecule has 2 aliphatic heterocycles. The molecule has 1 aromatic heterocycles. The molecule has 146 valence electrons. The second-order valence-electron chi connectivity index (χ2n) is 8.97. The number of benzene rings is 1. The average Bonchev–Trinajstić information content (AvgIpc) is 3.07. The van der Waals surface area contributed by atoms with E-state index in [9.17, 15) is 4.79 Å². The van der Waals surface area contributed by atoms with Gasteiger partial charge in [-0.25, -0.2) is 0 Å². The lowest BCUT2D eigenvalue weighted by Crippen LogP contribution is -2.45. The maximum absolute atomic E-state index is 13.1. The number of carbonyl (C=O) groups is 1. The van der Waals surface area contributed by atoms with Gasteiger partial charge in [0.2, 0.25) is 0 Å². The van der Waals surface area contributed by atoms with Crippen LogP contribution in [0.1, 0.15) is 54.2 Å². The molecule has 4 rings (SSSR count). The van der Waals surface area contributed by atoms with Gasteiger partial charge in [-0.15, -0.1) is 0 Å². The predicted octanol–water partition coefficient (Wildman–Crippen LogP) is 4.37. The maximum Gasteiger partial charge on any atom is 0.270 e. The van der Waals surface area contributed by atoms with Crippen LogP contribution in [0.25, 0.3) is 10.9 Å². The third-order valence-electron chi connectivity index (χ3n) is 6.52. The van der Waals surface area contributed by atoms with Gasteiger partial charge in [-0.2, -0.15) is 0 Å². The van der Waals surface area contributed by atoms with Crippen molar-refractivity contribution in [1.29, 1.82) is 0 Å². The van der Waals surface area contributed by atoms with E-state index in [1.54, 1.807) is 0 Å². The second kappa shape index (κ2) is 7.67. The molecule has 2 fully saturated rings. The molecule has 0 spiro atoms. The molecule has 2 saturated heterocycles. The summed E-state index contributed by atoms with van der Waals surface area (Å²) in [7, 11) is 0. The van der Waals surface area contributed by atoms with E-state index in [2.05, 4.69) is 47.7 Å². The van der Waals surface area contributed by atoms with Crippen molar-refractivity contribution in [1.82, 2.24) is 14.8 Å². The summed E-state index contributed by atoms with van der Waals surface area (Å²) in [5.41, 5.74) is 4.28. The number of piperidine rings is 2. The zero-order valence-electron chi connectivity index (χ0n) is 17.1. The van der Waals surface area contributed by atoms with E-state index in [1.165, 1.54) is 48.9 Å². The van der Waals surface area contributed by atoms with Crippen LogP contribution in [-0.2, 0) is 0 Å². The minimum atomic E-state index is 0.167. The molecule has 1 amide bonds. The number of rotatable bonds is 3. The number of amides is 1. The molecule has 3 heterocycles. The van der Waals surface area contributed by atoms with Gasteiger partial charge >= 0.3 is 0 Å². The lowest BCUT2D eigenvalue weighted by molar-refractivity contribution is 0.0617. The predicted molar refractivity (Wildman–Crippen MR) is 111 cm³/mol. The van der Waals surface area contributed by atoms with Crippen LogP contribution in [0.5, 0.6) is 0 Å². The van der Waals surface area contributed by atoms with Crippen molar-refractivity contribution in [2.75, 3.05) is 32.7 Å². The minimum Gasteiger partial charge on any atom is -0.351 e. The van der Waals surface area contributed by atoms with E-state index in [1.807, 2.05) is 6.07 Å². The highest BCUT2D eigenvalue weighted by Crippen LogP contribution is 2.25. The summed E-state index contributed by atoms with van der Waals surface area (Å²) in [4.78, 5) is 21.2. The zero-order valence-corrected chi connectivity index (χ0v) is 17.1. The molecule has 0 bridgehead atoms. The molecule has 1 N–H and O–H groups in total. The van der Waals surface area contributed by atoms with E-state index in [0.29, 0.717) is 5.92 Å². The Kier molecular flexibility index (Phi) is 5.27. The van der Waals surface area contributed by atoms with Crippen LogP contribution in [0.3, 0.4) is 0 Å². The Bertz CT molecular complexity index is 816. The lowest BCUT2D eigenvalue weighted by atomic mass is 9.94. The van der Waals surface area contributed by atoms with Gasteiger partial charge in [0.25, 0.3) is 5.91 Å². The highest BCUT2D eigenvalue weighted by molar-refractivity contribution is 5.99. The number of nitrogens with one attached hydrogen (secondary N) is 1. The van der Waals surface area contributed by atoms with Gasteiger partial charge in [-0.05, 0) is 87.7 Å². The molecule has 1 atom stereocenters. The van der Waals surface area contributed by atoms with Crippen LogP contribution < -0.4 is 0 Å². The summed E-state index contributed by atoms with van der Waals surface area (Å²) in [5.74, 6) is 1.66. The Hall–Kier alpha value is -1.81. The third-order valence-corrected chi connectivity index (χ3v) is 6.52. The molecule has 1 aromatic carbocycles. The molecule has 2 aliphatic rings. The van der Waals surface area contributed by atoms with E-state index in [-0.39, 0.29) is 5.91 Å². The third kappa shape index (κ3) is 4.06. The average molecular weight is 368 g/mol. The quantitative estimate of drug-likeness (QED) is 0.875. The molecule has 0 radical (unpaired) electrons.